The van der Waals surface area contributed by atoms with Crippen molar-refractivity contribution in [3.8, 4) is 5.75 Å². The van der Waals surface area contributed by atoms with Crippen LogP contribution < -0.4 is 15.4 Å². The molecule has 0 bridgehead atoms. The van der Waals surface area contributed by atoms with Crippen LogP contribution in [0.25, 0.3) is 0 Å². The molecule has 2 saturated heterocycles. The number of halogens is 2. The largest absolute Gasteiger partial charge is 0.490 e. The number of hydrogen-bond donors (Lipinski definition) is 2. The molecule has 1 aromatic heterocycles. The number of carbonyl (C=O) groups is 1. The van der Waals surface area contributed by atoms with Gasteiger partial charge in [-0.15, -0.1) is 29.9 Å². The van der Waals surface area contributed by atoms with Crippen LogP contribution in [-0.4, -0.2) is 64.6 Å². The number of rotatable bonds is 7. The van der Waals surface area contributed by atoms with Crippen molar-refractivity contribution in [1.29, 1.82) is 0 Å². The van der Waals surface area contributed by atoms with E-state index in [1.54, 1.807) is 10.9 Å². The average molecular weight is 485 g/mol. The Morgan fingerprint density at radius 1 is 1.16 bits per heavy atom. The highest BCUT2D eigenvalue weighted by Crippen LogP contribution is 2.21. The molecule has 32 heavy (non-hydrogen) atoms. The molecule has 2 N–H and O–H groups in total. The van der Waals surface area contributed by atoms with E-state index in [0.717, 1.165) is 56.9 Å². The standard InChI is InChI=1S/C22H32N6O2.2ClH/c1-27-13-10-20(11-14-27)30-19-7-5-18(6-8-19)24-22(29)21-16-28(26-25-21)15-9-17-4-2-3-12-23-17;;/h5-8,16-17,20,23H,2-4,9-15H2,1H3,(H,24,29);2*1H. The van der Waals surface area contributed by atoms with Crippen molar-refractivity contribution in [2.24, 2.45) is 0 Å². The molecule has 1 unspecified atom stereocenters. The molecule has 0 aliphatic carbocycles. The summed E-state index contributed by atoms with van der Waals surface area (Å²) >= 11 is 0. The third-order valence-electron chi connectivity index (χ3n) is 5.97. The molecule has 178 valence electrons. The van der Waals surface area contributed by atoms with Crippen LogP contribution in [0.1, 0.15) is 49.0 Å². The molecular weight excluding hydrogens is 451 g/mol. The summed E-state index contributed by atoms with van der Waals surface area (Å²) in [5, 5.41) is 14.5. The Balaban J connectivity index is 0.00000181. The third-order valence-corrected chi connectivity index (χ3v) is 5.97. The minimum Gasteiger partial charge on any atom is -0.490 e. The Bertz CT molecular complexity index is 818. The minimum atomic E-state index is -0.249. The number of likely N-dealkylation sites (tertiary alicyclic amines) is 1. The van der Waals surface area contributed by atoms with Crippen LogP contribution in [0.2, 0.25) is 0 Å². The fourth-order valence-electron chi connectivity index (χ4n) is 4.08. The molecule has 0 saturated carbocycles. The molecule has 4 rings (SSSR count). The van der Waals surface area contributed by atoms with Gasteiger partial charge in [0.2, 0.25) is 0 Å². The van der Waals surface area contributed by atoms with Crippen molar-refractivity contribution in [1.82, 2.24) is 25.2 Å². The summed E-state index contributed by atoms with van der Waals surface area (Å²) in [6, 6.07) is 8.07. The molecule has 8 nitrogen and oxygen atoms in total. The third kappa shape index (κ3) is 7.62. The van der Waals surface area contributed by atoms with E-state index in [-0.39, 0.29) is 36.8 Å². The number of hydrogen-bond acceptors (Lipinski definition) is 6. The van der Waals surface area contributed by atoms with Crippen molar-refractivity contribution in [2.75, 3.05) is 32.0 Å². The Morgan fingerprint density at radius 2 is 1.91 bits per heavy atom. The van der Waals surface area contributed by atoms with Gasteiger partial charge in [0.1, 0.15) is 11.9 Å². The number of carbonyl (C=O) groups excluding carboxylic acids is 1. The zero-order valence-electron chi connectivity index (χ0n) is 18.5. The fraction of sp³-hybridized carbons (Fsp3) is 0.591. The quantitative estimate of drug-likeness (QED) is 0.626. The van der Waals surface area contributed by atoms with Gasteiger partial charge in [-0.25, -0.2) is 0 Å². The summed E-state index contributed by atoms with van der Waals surface area (Å²) in [6.07, 6.45) is 8.82. The number of nitrogens with zero attached hydrogens (tertiary/aromatic N) is 4. The molecule has 2 aromatic rings. The van der Waals surface area contributed by atoms with Crippen LogP contribution in [0.3, 0.4) is 0 Å². The predicted molar refractivity (Wildman–Crippen MR) is 130 cm³/mol. The molecule has 2 aliphatic heterocycles. The first-order valence-electron chi connectivity index (χ1n) is 11.1. The molecule has 0 spiro atoms. The Labute approximate surface area is 202 Å². The SMILES string of the molecule is CN1CCC(Oc2ccc(NC(=O)c3cn(CCC4CCCCN4)nn3)cc2)CC1.Cl.Cl. The van der Waals surface area contributed by atoms with Gasteiger partial charge < -0.3 is 20.3 Å². The number of aromatic nitrogens is 3. The van der Waals surface area contributed by atoms with E-state index < -0.39 is 0 Å². The number of amides is 1. The van der Waals surface area contributed by atoms with Crippen molar-refractivity contribution in [3.63, 3.8) is 0 Å². The number of piperidine rings is 2. The lowest BCUT2D eigenvalue weighted by Gasteiger charge is -2.29. The van der Waals surface area contributed by atoms with E-state index in [2.05, 4.69) is 32.9 Å². The lowest BCUT2D eigenvalue weighted by molar-refractivity contribution is 0.102. The van der Waals surface area contributed by atoms with Crippen LogP contribution in [-0.2, 0) is 6.54 Å². The Morgan fingerprint density at radius 3 is 2.59 bits per heavy atom. The zero-order valence-corrected chi connectivity index (χ0v) is 20.2. The van der Waals surface area contributed by atoms with Crippen LogP contribution in [0, 0.1) is 0 Å². The number of aryl methyl sites for hydroxylation is 1. The van der Waals surface area contributed by atoms with Gasteiger partial charge in [-0.3, -0.25) is 9.48 Å². The summed E-state index contributed by atoms with van der Waals surface area (Å²) in [7, 11) is 2.14. The van der Waals surface area contributed by atoms with E-state index in [1.807, 2.05) is 24.3 Å². The van der Waals surface area contributed by atoms with Crippen LogP contribution in [0.5, 0.6) is 5.75 Å². The summed E-state index contributed by atoms with van der Waals surface area (Å²) in [6.45, 7) is 3.99. The molecule has 3 heterocycles. The van der Waals surface area contributed by atoms with Crippen molar-refractivity contribution in [3.05, 3.63) is 36.2 Å². The summed E-state index contributed by atoms with van der Waals surface area (Å²) < 4.78 is 7.81. The van der Waals surface area contributed by atoms with Crippen molar-refractivity contribution >= 4 is 36.4 Å². The van der Waals surface area contributed by atoms with Crippen molar-refractivity contribution < 1.29 is 9.53 Å². The lowest BCUT2D eigenvalue weighted by Crippen LogP contribution is -2.35. The van der Waals surface area contributed by atoms with Gasteiger partial charge in [-0.2, -0.15) is 0 Å². The number of anilines is 1. The van der Waals surface area contributed by atoms with Crippen molar-refractivity contribution in [2.45, 2.75) is 57.2 Å². The smallest absolute Gasteiger partial charge is 0.277 e. The predicted octanol–water partition coefficient (Wildman–Crippen LogP) is 3.38. The highest BCUT2D eigenvalue weighted by molar-refractivity contribution is 6.02. The first-order valence-corrected chi connectivity index (χ1v) is 11.1. The second kappa shape index (κ2) is 13.0. The van der Waals surface area contributed by atoms with E-state index in [4.69, 9.17) is 4.74 Å². The Hall–Kier alpha value is -1.87. The molecule has 1 aromatic carbocycles. The number of benzene rings is 1. The van der Waals surface area contributed by atoms with E-state index in [0.29, 0.717) is 11.7 Å². The first kappa shape index (κ1) is 26.4. The van der Waals surface area contributed by atoms with E-state index in [9.17, 15) is 4.79 Å². The number of ether oxygens (including phenoxy) is 1. The van der Waals surface area contributed by atoms with Gasteiger partial charge in [-0.05, 0) is 70.0 Å². The van der Waals surface area contributed by atoms with Crippen LogP contribution >= 0.6 is 24.8 Å². The summed E-state index contributed by atoms with van der Waals surface area (Å²) in [4.78, 5) is 14.8. The average Bonchev–Trinajstić information content (AvgIpc) is 3.25. The topological polar surface area (TPSA) is 84.3 Å². The molecule has 2 aliphatic rings. The van der Waals surface area contributed by atoms with E-state index >= 15 is 0 Å². The molecule has 1 amide bonds. The van der Waals surface area contributed by atoms with Gasteiger partial charge in [0.25, 0.3) is 5.91 Å². The second-order valence-electron chi connectivity index (χ2n) is 8.40. The molecule has 1 atom stereocenters. The van der Waals surface area contributed by atoms with Crippen LogP contribution in [0.15, 0.2) is 30.5 Å². The molecule has 10 heteroatoms. The lowest BCUT2D eigenvalue weighted by atomic mass is 10.0. The van der Waals surface area contributed by atoms with Crippen LogP contribution in [0.4, 0.5) is 5.69 Å². The highest BCUT2D eigenvalue weighted by atomic mass is 35.5. The second-order valence-corrected chi connectivity index (χ2v) is 8.40. The van der Waals surface area contributed by atoms with Gasteiger partial charge in [0, 0.05) is 31.4 Å². The maximum atomic E-state index is 12.5. The van der Waals surface area contributed by atoms with Gasteiger partial charge in [0.05, 0.1) is 6.20 Å². The summed E-state index contributed by atoms with van der Waals surface area (Å²) in [5.74, 6) is 0.589. The first-order chi connectivity index (χ1) is 14.7. The zero-order chi connectivity index (χ0) is 20.8. The van der Waals surface area contributed by atoms with Gasteiger partial charge in [-0.1, -0.05) is 11.6 Å². The monoisotopic (exact) mass is 484 g/mol. The molecule has 2 fully saturated rings. The maximum absolute atomic E-state index is 12.5. The highest BCUT2D eigenvalue weighted by Gasteiger charge is 2.18. The minimum absolute atomic E-state index is 0. The molecular formula is C22H34Cl2N6O2. The molecule has 0 radical (unpaired) electrons. The fourth-order valence-corrected chi connectivity index (χ4v) is 4.08. The summed E-state index contributed by atoms with van der Waals surface area (Å²) in [5.41, 5.74) is 1.05. The normalized spacial score (nSPS) is 19.5. The number of nitrogens with one attached hydrogen (secondary N) is 2. The van der Waals surface area contributed by atoms with Gasteiger partial charge in [0.15, 0.2) is 5.69 Å². The van der Waals surface area contributed by atoms with Gasteiger partial charge >= 0.3 is 0 Å². The Kier molecular flexibility index (Phi) is 10.7. The maximum Gasteiger partial charge on any atom is 0.277 e. The van der Waals surface area contributed by atoms with E-state index in [1.165, 1.54) is 19.3 Å².